The summed E-state index contributed by atoms with van der Waals surface area (Å²) in [6.45, 7) is 5.04. The van der Waals surface area contributed by atoms with Crippen LogP contribution in [0.3, 0.4) is 0 Å². The van der Waals surface area contributed by atoms with Gasteiger partial charge in [0, 0.05) is 80.0 Å². The third-order valence-electron chi connectivity index (χ3n) is 6.21. The minimum atomic E-state index is -0.435. The molecule has 0 bridgehead atoms. The zero-order chi connectivity index (χ0) is 24.9. The maximum atomic E-state index is 11.7. The third-order valence-corrected chi connectivity index (χ3v) is 6.21. The predicted octanol–water partition coefficient (Wildman–Crippen LogP) is 2.81. The van der Waals surface area contributed by atoms with E-state index < -0.39 is 6.61 Å². The zero-order valence-electron chi connectivity index (χ0n) is 20.1. The molecule has 184 valence electrons. The van der Waals surface area contributed by atoms with Crippen LogP contribution in [-0.4, -0.2) is 73.4 Å². The number of aromatic nitrogens is 5. The fourth-order valence-corrected chi connectivity index (χ4v) is 4.25. The van der Waals surface area contributed by atoms with Crippen molar-refractivity contribution in [2.45, 2.75) is 13.5 Å². The van der Waals surface area contributed by atoms with Crippen molar-refractivity contribution >= 4 is 23.2 Å². The molecular weight excluding hydrogens is 456 g/mol. The van der Waals surface area contributed by atoms with Crippen molar-refractivity contribution in [2.75, 3.05) is 43.0 Å². The van der Waals surface area contributed by atoms with E-state index in [1.165, 1.54) is 0 Å². The summed E-state index contributed by atoms with van der Waals surface area (Å²) in [6, 6.07) is 13.8. The van der Waals surface area contributed by atoms with Gasteiger partial charge in [-0.05, 0) is 49.4 Å². The lowest BCUT2D eigenvalue weighted by atomic mass is 10.1. The van der Waals surface area contributed by atoms with Crippen molar-refractivity contribution in [2.24, 2.45) is 0 Å². The van der Waals surface area contributed by atoms with E-state index in [4.69, 9.17) is 15.2 Å². The standard InChI is InChI=1S/C26H28N8O2/c1-2-34-17-22(25(31-34)19-4-3-10-27-16-19)23-9-11-28-26(30-23)29-20-5-7-21(8-6-20)32-12-14-33(15-13-32)24(36)18-35/h3-11,16-17,35H,2,12-15,18H2,1H3,(H,28,29,30). The van der Waals surface area contributed by atoms with Crippen LogP contribution in [0.5, 0.6) is 0 Å². The highest BCUT2D eigenvalue weighted by atomic mass is 16.3. The fraction of sp³-hybridized carbons (Fsp3) is 0.269. The number of nitrogens with zero attached hydrogens (tertiary/aromatic N) is 7. The van der Waals surface area contributed by atoms with Gasteiger partial charge < -0.3 is 20.2 Å². The smallest absolute Gasteiger partial charge is 0.248 e. The summed E-state index contributed by atoms with van der Waals surface area (Å²) in [4.78, 5) is 29.0. The third kappa shape index (κ3) is 5.03. The first-order chi connectivity index (χ1) is 17.6. The van der Waals surface area contributed by atoms with E-state index in [1.807, 2.05) is 53.3 Å². The summed E-state index contributed by atoms with van der Waals surface area (Å²) < 4.78 is 1.89. The Morgan fingerprint density at radius 1 is 1.06 bits per heavy atom. The first kappa shape index (κ1) is 23.4. The number of piperazine rings is 1. The second kappa shape index (κ2) is 10.5. The number of carbonyl (C=O) groups excluding carboxylic acids is 1. The summed E-state index contributed by atoms with van der Waals surface area (Å²) in [5, 5.41) is 17.1. The lowest BCUT2D eigenvalue weighted by Crippen LogP contribution is -2.49. The van der Waals surface area contributed by atoms with E-state index in [1.54, 1.807) is 23.5 Å². The van der Waals surface area contributed by atoms with E-state index in [2.05, 4.69) is 27.1 Å². The molecule has 36 heavy (non-hydrogen) atoms. The quantitative estimate of drug-likeness (QED) is 0.412. The lowest BCUT2D eigenvalue weighted by molar-refractivity contribution is -0.134. The van der Waals surface area contributed by atoms with Gasteiger partial charge in [-0.25, -0.2) is 9.97 Å². The topological polar surface area (TPSA) is 112 Å². The number of anilines is 3. The number of carbonyl (C=O) groups is 1. The molecule has 1 saturated heterocycles. The molecule has 10 nitrogen and oxygen atoms in total. The predicted molar refractivity (Wildman–Crippen MR) is 138 cm³/mol. The van der Waals surface area contributed by atoms with Gasteiger partial charge in [0.1, 0.15) is 12.3 Å². The molecule has 0 atom stereocenters. The summed E-state index contributed by atoms with van der Waals surface area (Å²) in [7, 11) is 0. The second-order valence-corrected chi connectivity index (χ2v) is 8.45. The van der Waals surface area contributed by atoms with E-state index in [0.29, 0.717) is 19.0 Å². The number of aryl methyl sites for hydroxylation is 1. The Bertz CT molecular complexity index is 1320. The molecule has 0 radical (unpaired) electrons. The molecule has 4 heterocycles. The molecule has 1 aromatic carbocycles. The Labute approximate surface area is 209 Å². The highest BCUT2D eigenvalue weighted by Gasteiger charge is 2.20. The number of aliphatic hydroxyl groups excluding tert-OH is 1. The number of hydrogen-bond donors (Lipinski definition) is 2. The van der Waals surface area contributed by atoms with E-state index >= 15 is 0 Å². The number of aliphatic hydroxyl groups is 1. The Balaban J connectivity index is 1.31. The van der Waals surface area contributed by atoms with Crippen LogP contribution in [0.15, 0.2) is 67.3 Å². The van der Waals surface area contributed by atoms with Crippen molar-refractivity contribution in [1.29, 1.82) is 0 Å². The minimum Gasteiger partial charge on any atom is -0.387 e. The number of pyridine rings is 1. The highest BCUT2D eigenvalue weighted by Crippen LogP contribution is 2.30. The monoisotopic (exact) mass is 484 g/mol. The highest BCUT2D eigenvalue weighted by molar-refractivity contribution is 5.79. The van der Waals surface area contributed by atoms with Crippen LogP contribution >= 0.6 is 0 Å². The van der Waals surface area contributed by atoms with Gasteiger partial charge in [0.2, 0.25) is 11.9 Å². The summed E-state index contributed by atoms with van der Waals surface area (Å²) in [5.41, 5.74) is 5.42. The van der Waals surface area contributed by atoms with Gasteiger partial charge in [-0.3, -0.25) is 14.5 Å². The van der Waals surface area contributed by atoms with Crippen molar-refractivity contribution in [3.63, 3.8) is 0 Å². The van der Waals surface area contributed by atoms with E-state index in [-0.39, 0.29) is 5.91 Å². The summed E-state index contributed by atoms with van der Waals surface area (Å²) in [6.07, 6.45) is 7.29. The van der Waals surface area contributed by atoms with Crippen LogP contribution in [0.4, 0.5) is 17.3 Å². The minimum absolute atomic E-state index is 0.217. The SMILES string of the molecule is CCn1cc(-c2ccnc(Nc3ccc(N4CCN(C(=O)CO)CC4)cc3)n2)c(-c2cccnc2)n1. The zero-order valence-corrected chi connectivity index (χ0v) is 20.1. The maximum absolute atomic E-state index is 11.7. The number of benzene rings is 1. The summed E-state index contributed by atoms with van der Waals surface area (Å²) >= 11 is 0. The lowest BCUT2D eigenvalue weighted by Gasteiger charge is -2.35. The molecule has 10 heteroatoms. The molecule has 0 unspecified atom stereocenters. The van der Waals surface area contributed by atoms with Crippen molar-refractivity contribution in [3.05, 3.63) is 67.3 Å². The van der Waals surface area contributed by atoms with Crippen molar-refractivity contribution in [3.8, 4) is 22.5 Å². The second-order valence-electron chi connectivity index (χ2n) is 8.45. The maximum Gasteiger partial charge on any atom is 0.248 e. The van der Waals surface area contributed by atoms with Crippen LogP contribution < -0.4 is 10.2 Å². The number of amides is 1. The molecule has 0 saturated carbocycles. The molecule has 0 aliphatic carbocycles. The molecule has 1 fully saturated rings. The van der Waals surface area contributed by atoms with Crippen LogP contribution in [0.1, 0.15) is 6.92 Å². The van der Waals surface area contributed by atoms with Gasteiger partial charge in [-0.1, -0.05) is 0 Å². The first-order valence-corrected chi connectivity index (χ1v) is 12.0. The molecule has 2 N–H and O–H groups in total. The van der Waals surface area contributed by atoms with Gasteiger partial charge >= 0.3 is 0 Å². The fourth-order valence-electron chi connectivity index (χ4n) is 4.25. The van der Waals surface area contributed by atoms with Gasteiger partial charge in [0.05, 0.1) is 5.69 Å². The number of rotatable bonds is 7. The van der Waals surface area contributed by atoms with Crippen LogP contribution in [0, 0.1) is 0 Å². The Hall–Kier alpha value is -4.31. The van der Waals surface area contributed by atoms with Gasteiger partial charge in [-0.2, -0.15) is 5.10 Å². The number of nitrogens with one attached hydrogen (secondary N) is 1. The summed E-state index contributed by atoms with van der Waals surface area (Å²) in [5.74, 6) is 0.281. The molecule has 1 amide bonds. The first-order valence-electron chi connectivity index (χ1n) is 12.0. The number of hydrogen-bond acceptors (Lipinski definition) is 8. The van der Waals surface area contributed by atoms with Gasteiger partial charge in [-0.15, -0.1) is 0 Å². The average Bonchev–Trinajstić information content (AvgIpc) is 3.39. The molecule has 0 spiro atoms. The Morgan fingerprint density at radius 3 is 2.56 bits per heavy atom. The van der Waals surface area contributed by atoms with Crippen LogP contribution in [0.2, 0.25) is 0 Å². The molecule has 1 aliphatic rings. The molecule has 3 aromatic heterocycles. The molecular formula is C26H28N8O2. The van der Waals surface area contributed by atoms with Crippen molar-refractivity contribution in [1.82, 2.24) is 29.6 Å². The van der Waals surface area contributed by atoms with Crippen molar-refractivity contribution < 1.29 is 9.90 Å². The average molecular weight is 485 g/mol. The molecule has 1 aliphatic heterocycles. The Kier molecular flexibility index (Phi) is 6.85. The van der Waals surface area contributed by atoms with E-state index in [0.717, 1.165) is 53.5 Å². The Morgan fingerprint density at radius 2 is 1.86 bits per heavy atom. The largest absolute Gasteiger partial charge is 0.387 e. The van der Waals surface area contributed by atoms with Gasteiger partial charge in [0.25, 0.3) is 0 Å². The molecule has 4 aromatic rings. The molecule has 5 rings (SSSR count). The normalized spacial score (nSPS) is 13.6. The van der Waals surface area contributed by atoms with Gasteiger partial charge in [0.15, 0.2) is 0 Å². The van der Waals surface area contributed by atoms with E-state index in [9.17, 15) is 4.79 Å². The van der Waals surface area contributed by atoms with Crippen LogP contribution in [-0.2, 0) is 11.3 Å². The van der Waals surface area contributed by atoms with Crippen LogP contribution in [0.25, 0.3) is 22.5 Å².